The van der Waals surface area contributed by atoms with Gasteiger partial charge in [-0.3, -0.25) is 9.88 Å². The van der Waals surface area contributed by atoms with E-state index in [9.17, 15) is 4.79 Å². The molecule has 38 heavy (non-hydrogen) atoms. The van der Waals surface area contributed by atoms with Crippen molar-refractivity contribution in [3.63, 3.8) is 0 Å². The second-order valence-electron chi connectivity index (χ2n) is 9.63. The van der Waals surface area contributed by atoms with Gasteiger partial charge in [0.25, 0.3) is 0 Å². The lowest BCUT2D eigenvalue weighted by atomic mass is 10.0. The second-order valence-corrected chi connectivity index (χ2v) is 9.63. The van der Waals surface area contributed by atoms with Crippen LogP contribution < -0.4 is 14.2 Å². The van der Waals surface area contributed by atoms with E-state index in [-0.39, 0.29) is 30.9 Å². The number of hydrogen-bond donors (Lipinski definition) is 0. The van der Waals surface area contributed by atoms with Crippen LogP contribution in [-0.2, 0) is 4.74 Å². The van der Waals surface area contributed by atoms with Crippen LogP contribution in [0.15, 0.2) is 79.0 Å². The van der Waals surface area contributed by atoms with Gasteiger partial charge in [0.15, 0.2) is 17.6 Å². The predicted molar refractivity (Wildman–Crippen MR) is 147 cm³/mol. The summed E-state index contributed by atoms with van der Waals surface area (Å²) in [5.74, 6) is 2.03. The number of carbonyl (C=O) groups is 1. The van der Waals surface area contributed by atoms with Crippen molar-refractivity contribution < 1.29 is 23.7 Å². The zero-order valence-corrected chi connectivity index (χ0v) is 22.1. The van der Waals surface area contributed by atoms with Crippen molar-refractivity contribution in [2.24, 2.45) is 0 Å². The first kappa shape index (κ1) is 25.4. The van der Waals surface area contributed by atoms with Crippen LogP contribution in [0.1, 0.15) is 32.4 Å². The Morgan fingerprint density at radius 1 is 0.947 bits per heavy atom. The molecule has 0 aliphatic carbocycles. The van der Waals surface area contributed by atoms with Crippen LogP contribution in [0.5, 0.6) is 17.2 Å². The fourth-order valence-corrected chi connectivity index (χ4v) is 4.67. The quantitative estimate of drug-likeness (QED) is 0.250. The molecule has 1 aromatic heterocycles. The first-order valence-corrected chi connectivity index (χ1v) is 12.8. The van der Waals surface area contributed by atoms with E-state index in [1.807, 2.05) is 93.6 Å². The Balaban J connectivity index is 1.37. The standard InChI is InChI=1S/C31H32N2O5/c1-20(2)37-28-13-12-23(16-30(28)35-4)24-15-27-26(11-8-14-32-27)29(17-24)36-19-25-18-33(31(34)38-25)21(3)22-9-6-5-7-10-22/h5-17,20-21,25H,18-19H2,1-4H3/t21-,25-/m1/s1. The first-order valence-electron chi connectivity index (χ1n) is 12.8. The van der Waals surface area contributed by atoms with Gasteiger partial charge in [-0.25, -0.2) is 4.79 Å². The van der Waals surface area contributed by atoms with Gasteiger partial charge in [-0.15, -0.1) is 0 Å². The van der Waals surface area contributed by atoms with Crippen molar-refractivity contribution in [1.82, 2.24) is 9.88 Å². The molecule has 7 nitrogen and oxygen atoms in total. The summed E-state index contributed by atoms with van der Waals surface area (Å²) < 4.78 is 23.4. The smallest absolute Gasteiger partial charge is 0.410 e. The highest BCUT2D eigenvalue weighted by molar-refractivity contribution is 5.90. The minimum Gasteiger partial charge on any atom is -0.493 e. The number of rotatable bonds is 9. The monoisotopic (exact) mass is 512 g/mol. The highest BCUT2D eigenvalue weighted by Gasteiger charge is 2.35. The third-order valence-electron chi connectivity index (χ3n) is 6.62. The number of pyridine rings is 1. The van der Waals surface area contributed by atoms with Crippen molar-refractivity contribution >= 4 is 17.0 Å². The molecule has 0 spiro atoms. The molecular weight excluding hydrogens is 480 g/mol. The van der Waals surface area contributed by atoms with Crippen LogP contribution >= 0.6 is 0 Å². The zero-order chi connectivity index (χ0) is 26.6. The Morgan fingerprint density at radius 2 is 1.74 bits per heavy atom. The van der Waals surface area contributed by atoms with E-state index >= 15 is 0 Å². The first-order chi connectivity index (χ1) is 18.4. The van der Waals surface area contributed by atoms with Crippen LogP contribution in [-0.4, -0.2) is 48.4 Å². The molecule has 1 saturated heterocycles. The zero-order valence-electron chi connectivity index (χ0n) is 22.1. The number of cyclic esters (lactones) is 1. The summed E-state index contributed by atoms with van der Waals surface area (Å²) in [7, 11) is 1.63. The Kier molecular flexibility index (Phi) is 7.36. The summed E-state index contributed by atoms with van der Waals surface area (Å²) in [6.07, 6.45) is 1.09. The third kappa shape index (κ3) is 5.37. The van der Waals surface area contributed by atoms with Crippen LogP contribution in [0.2, 0.25) is 0 Å². The van der Waals surface area contributed by atoms with E-state index < -0.39 is 0 Å². The van der Waals surface area contributed by atoms with Crippen LogP contribution in [0, 0.1) is 0 Å². The number of benzene rings is 3. The molecule has 1 aliphatic heterocycles. The number of amides is 1. The normalized spacial score (nSPS) is 16.0. The molecule has 0 saturated carbocycles. The Morgan fingerprint density at radius 3 is 2.50 bits per heavy atom. The minimum atomic E-state index is -0.378. The Hall–Kier alpha value is -4.26. The molecule has 196 valence electrons. The SMILES string of the molecule is COc1cc(-c2cc(OC[C@H]3CN([C@H](C)c4ccccc4)C(=O)O3)c3cccnc3c2)ccc1OC(C)C. The van der Waals surface area contributed by atoms with Gasteiger partial charge in [-0.05, 0) is 73.9 Å². The summed E-state index contributed by atoms with van der Waals surface area (Å²) >= 11 is 0. The van der Waals surface area contributed by atoms with Gasteiger partial charge in [-0.2, -0.15) is 0 Å². The molecule has 0 radical (unpaired) electrons. The third-order valence-corrected chi connectivity index (χ3v) is 6.62. The molecule has 0 N–H and O–H groups in total. The van der Waals surface area contributed by atoms with Gasteiger partial charge < -0.3 is 18.9 Å². The Labute approximate surface area is 222 Å². The van der Waals surface area contributed by atoms with Gasteiger partial charge in [0.1, 0.15) is 12.4 Å². The largest absolute Gasteiger partial charge is 0.493 e. The molecule has 7 heteroatoms. The van der Waals surface area contributed by atoms with Crippen molar-refractivity contribution in [1.29, 1.82) is 0 Å². The van der Waals surface area contributed by atoms with E-state index in [0.717, 1.165) is 27.6 Å². The summed E-state index contributed by atoms with van der Waals surface area (Å²) in [5, 5.41) is 0.891. The van der Waals surface area contributed by atoms with Crippen molar-refractivity contribution in [2.45, 2.75) is 39.0 Å². The van der Waals surface area contributed by atoms with Crippen LogP contribution in [0.25, 0.3) is 22.0 Å². The maximum atomic E-state index is 12.6. The van der Waals surface area contributed by atoms with Crippen LogP contribution in [0.4, 0.5) is 4.79 Å². The highest BCUT2D eigenvalue weighted by atomic mass is 16.6. The molecular formula is C31H32N2O5. The molecule has 3 aromatic carbocycles. The molecule has 4 aromatic rings. The number of fused-ring (bicyclic) bond motifs is 1. The number of methoxy groups -OCH3 is 1. The number of hydrogen-bond acceptors (Lipinski definition) is 6. The lowest BCUT2D eigenvalue weighted by molar-refractivity contribution is 0.102. The fraction of sp³-hybridized carbons (Fsp3) is 0.290. The van der Waals surface area contributed by atoms with E-state index in [2.05, 4.69) is 4.98 Å². The van der Waals surface area contributed by atoms with Gasteiger partial charge in [0.2, 0.25) is 0 Å². The van der Waals surface area contributed by atoms with E-state index in [1.54, 1.807) is 18.2 Å². The van der Waals surface area contributed by atoms with Gasteiger partial charge in [0.05, 0.1) is 31.3 Å². The van der Waals surface area contributed by atoms with E-state index in [0.29, 0.717) is 23.8 Å². The van der Waals surface area contributed by atoms with Gasteiger partial charge in [-0.1, -0.05) is 36.4 Å². The topological polar surface area (TPSA) is 70.1 Å². The summed E-state index contributed by atoms with van der Waals surface area (Å²) in [6.45, 7) is 6.67. The molecule has 0 bridgehead atoms. The van der Waals surface area contributed by atoms with Crippen molar-refractivity contribution in [3.8, 4) is 28.4 Å². The van der Waals surface area contributed by atoms with Gasteiger partial charge in [0, 0.05) is 11.6 Å². The molecule has 0 unspecified atom stereocenters. The van der Waals surface area contributed by atoms with Gasteiger partial charge >= 0.3 is 6.09 Å². The van der Waals surface area contributed by atoms with Crippen molar-refractivity contribution in [2.75, 3.05) is 20.3 Å². The lowest BCUT2D eigenvalue weighted by Crippen LogP contribution is -2.29. The number of nitrogens with zero attached hydrogens (tertiary/aromatic N) is 2. The van der Waals surface area contributed by atoms with E-state index in [1.165, 1.54) is 0 Å². The fourth-order valence-electron chi connectivity index (χ4n) is 4.67. The van der Waals surface area contributed by atoms with Crippen molar-refractivity contribution in [3.05, 3.63) is 84.6 Å². The predicted octanol–water partition coefficient (Wildman–Crippen LogP) is 6.66. The Bertz CT molecular complexity index is 1420. The van der Waals surface area contributed by atoms with E-state index in [4.69, 9.17) is 18.9 Å². The molecule has 1 aliphatic rings. The summed E-state index contributed by atoms with van der Waals surface area (Å²) in [4.78, 5) is 18.9. The summed E-state index contributed by atoms with van der Waals surface area (Å²) in [6, 6.07) is 23.6. The minimum absolute atomic E-state index is 0.0379. The average molecular weight is 513 g/mol. The number of aromatic nitrogens is 1. The maximum absolute atomic E-state index is 12.6. The lowest BCUT2D eigenvalue weighted by Gasteiger charge is -2.22. The molecule has 2 atom stereocenters. The van der Waals surface area contributed by atoms with Crippen LogP contribution in [0.3, 0.4) is 0 Å². The second kappa shape index (κ2) is 11.0. The molecule has 1 amide bonds. The molecule has 1 fully saturated rings. The summed E-state index contributed by atoms with van der Waals surface area (Å²) in [5.41, 5.74) is 3.76. The average Bonchev–Trinajstić information content (AvgIpc) is 3.31. The molecule has 2 heterocycles. The maximum Gasteiger partial charge on any atom is 0.410 e. The number of carbonyl (C=O) groups excluding carboxylic acids is 1. The highest BCUT2D eigenvalue weighted by Crippen LogP contribution is 2.37. The molecule has 5 rings (SSSR count). The number of ether oxygens (including phenoxy) is 4.